The van der Waals surface area contributed by atoms with Crippen molar-refractivity contribution in [1.29, 1.82) is 0 Å². The molecule has 134 valence electrons. The summed E-state index contributed by atoms with van der Waals surface area (Å²) in [7, 11) is 3.07. The number of ether oxygens (including phenoxy) is 4. The number of carbonyl (C=O) groups is 2. The zero-order chi connectivity index (χ0) is 18.7. The lowest BCUT2D eigenvalue weighted by Crippen LogP contribution is -2.28. The van der Waals surface area contributed by atoms with E-state index >= 15 is 0 Å². The van der Waals surface area contributed by atoms with Crippen LogP contribution in [0.3, 0.4) is 0 Å². The monoisotopic (exact) mass is 355 g/mol. The van der Waals surface area contributed by atoms with E-state index in [4.69, 9.17) is 18.9 Å². The van der Waals surface area contributed by atoms with Crippen LogP contribution in [0, 0.1) is 0 Å². The summed E-state index contributed by atoms with van der Waals surface area (Å²) in [5, 5.41) is 10.5. The van der Waals surface area contributed by atoms with Crippen molar-refractivity contribution in [1.82, 2.24) is 0 Å². The van der Waals surface area contributed by atoms with E-state index in [-0.39, 0.29) is 17.3 Å². The van der Waals surface area contributed by atoms with E-state index in [0.717, 1.165) is 0 Å². The maximum atomic E-state index is 12.5. The molecule has 0 radical (unpaired) electrons. The number of rotatable bonds is 6. The molecule has 3 rings (SSSR count). The van der Waals surface area contributed by atoms with Crippen LogP contribution in [-0.2, 0) is 4.79 Å². The minimum Gasteiger partial charge on any atom is -0.546 e. The minimum absolute atomic E-state index is 0.114. The van der Waals surface area contributed by atoms with Crippen LogP contribution < -0.4 is 24.1 Å². The molecule has 2 aromatic carbocycles. The number of allylic oxidation sites excluding steroid dienone is 1. The van der Waals surface area contributed by atoms with Crippen molar-refractivity contribution in [2.45, 2.75) is 0 Å². The van der Waals surface area contributed by atoms with Crippen LogP contribution >= 0.6 is 0 Å². The summed E-state index contributed by atoms with van der Waals surface area (Å²) in [6.07, 6.45) is 1.56. The Labute approximate surface area is 149 Å². The highest BCUT2D eigenvalue weighted by molar-refractivity contribution is 6.14. The second-order valence-corrected chi connectivity index (χ2v) is 5.37. The molecule has 7 nitrogen and oxygen atoms in total. The molecule has 0 atom stereocenters. The van der Waals surface area contributed by atoms with Crippen LogP contribution in [0.25, 0.3) is 6.08 Å². The van der Waals surface area contributed by atoms with Crippen LogP contribution in [0.5, 0.6) is 23.0 Å². The molecule has 0 saturated heterocycles. The van der Waals surface area contributed by atoms with E-state index < -0.39 is 12.6 Å². The third-order valence-corrected chi connectivity index (χ3v) is 3.72. The van der Waals surface area contributed by atoms with E-state index in [1.807, 2.05) is 0 Å². The Hall–Kier alpha value is -3.48. The molecule has 1 aliphatic rings. The standard InChI is InChI=1S/C19H16O7/c1-23-12-4-6-15(24-2)11(7-12)8-17-19(22)14-5-3-13(9-16(14)26-17)25-10-18(20)21/h3-9H,10H2,1-2H3,(H,20,21)/p-1/b17-8-. The van der Waals surface area contributed by atoms with Gasteiger partial charge in [-0.2, -0.15) is 0 Å². The molecule has 0 bridgehead atoms. The number of aliphatic carboxylic acids is 1. The third-order valence-electron chi connectivity index (χ3n) is 3.72. The zero-order valence-electron chi connectivity index (χ0n) is 14.1. The Morgan fingerprint density at radius 1 is 1.12 bits per heavy atom. The molecular weight excluding hydrogens is 340 g/mol. The van der Waals surface area contributed by atoms with Gasteiger partial charge >= 0.3 is 0 Å². The summed E-state index contributed by atoms with van der Waals surface area (Å²) in [5.41, 5.74) is 0.982. The van der Waals surface area contributed by atoms with Crippen molar-refractivity contribution in [3.63, 3.8) is 0 Å². The Kier molecular flexibility index (Phi) is 4.79. The Balaban J connectivity index is 1.90. The highest BCUT2D eigenvalue weighted by Gasteiger charge is 2.28. The number of hydrogen-bond donors (Lipinski definition) is 0. The van der Waals surface area contributed by atoms with Gasteiger partial charge in [0.25, 0.3) is 0 Å². The molecule has 0 aromatic heterocycles. The van der Waals surface area contributed by atoms with Gasteiger partial charge in [0.15, 0.2) is 5.76 Å². The molecule has 0 spiro atoms. The van der Waals surface area contributed by atoms with Gasteiger partial charge in [0.1, 0.15) is 29.6 Å². The molecule has 7 heteroatoms. The first kappa shape index (κ1) is 17.3. The number of benzene rings is 2. The Morgan fingerprint density at radius 2 is 1.88 bits per heavy atom. The van der Waals surface area contributed by atoms with Crippen molar-refractivity contribution >= 4 is 17.8 Å². The van der Waals surface area contributed by atoms with Gasteiger partial charge in [-0.05, 0) is 36.4 Å². The van der Waals surface area contributed by atoms with Gasteiger partial charge in [0.2, 0.25) is 5.78 Å². The number of fused-ring (bicyclic) bond motifs is 1. The highest BCUT2D eigenvalue weighted by atomic mass is 16.5. The third kappa shape index (κ3) is 3.46. The quantitative estimate of drug-likeness (QED) is 0.724. The van der Waals surface area contributed by atoms with Gasteiger partial charge in [0, 0.05) is 11.6 Å². The number of carbonyl (C=O) groups excluding carboxylic acids is 2. The average Bonchev–Trinajstić information content (AvgIpc) is 2.95. The molecule has 0 fully saturated rings. The maximum absolute atomic E-state index is 12.5. The second-order valence-electron chi connectivity index (χ2n) is 5.37. The van der Waals surface area contributed by atoms with E-state index in [1.165, 1.54) is 25.3 Å². The molecule has 0 amide bonds. The summed E-state index contributed by atoms with van der Waals surface area (Å²) in [6.45, 7) is -0.587. The van der Waals surface area contributed by atoms with E-state index in [9.17, 15) is 14.7 Å². The molecule has 0 N–H and O–H groups in total. The lowest BCUT2D eigenvalue weighted by Gasteiger charge is -2.08. The number of carboxylic acid groups (broad SMARTS) is 1. The first-order valence-electron chi connectivity index (χ1n) is 7.65. The van der Waals surface area contributed by atoms with Crippen LogP contribution in [0.2, 0.25) is 0 Å². The predicted molar refractivity (Wildman–Crippen MR) is 89.4 cm³/mol. The minimum atomic E-state index is -1.34. The summed E-state index contributed by atoms with van der Waals surface area (Å²) in [4.78, 5) is 23.0. The van der Waals surface area contributed by atoms with Crippen molar-refractivity contribution in [2.75, 3.05) is 20.8 Å². The van der Waals surface area contributed by atoms with Gasteiger partial charge < -0.3 is 28.8 Å². The molecule has 1 heterocycles. The van der Waals surface area contributed by atoms with Crippen LogP contribution in [0.15, 0.2) is 42.2 Å². The summed E-state index contributed by atoms with van der Waals surface area (Å²) >= 11 is 0. The van der Waals surface area contributed by atoms with Gasteiger partial charge in [-0.1, -0.05) is 0 Å². The van der Waals surface area contributed by atoms with Gasteiger partial charge in [-0.3, -0.25) is 4.79 Å². The lowest BCUT2D eigenvalue weighted by atomic mass is 10.1. The van der Waals surface area contributed by atoms with Gasteiger partial charge in [-0.15, -0.1) is 0 Å². The normalized spacial score (nSPS) is 13.9. The van der Waals surface area contributed by atoms with E-state index in [1.54, 1.807) is 31.4 Å². The molecule has 0 saturated carbocycles. The summed E-state index contributed by atoms with van der Waals surface area (Å²) in [6, 6.07) is 9.67. The second kappa shape index (κ2) is 7.18. The Morgan fingerprint density at radius 3 is 2.58 bits per heavy atom. The summed E-state index contributed by atoms with van der Waals surface area (Å²) < 4.78 is 21.1. The van der Waals surface area contributed by atoms with E-state index in [0.29, 0.717) is 28.4 Å². The first-order chi connectivity index (χ1) is 12.5. The molecule has 1 aliphatic heterocycles. The van der Waals surface area contributed by atoms with Crippen LogP contribution in [0.4, 0.5) is 0 Å². The van der Waals surface area contributed by atoms with Crippen molar-refractivity contribution in [2.24, 2.45) is 0 Å². The number of ketones is 1. The topological polar surface area (TPSA) is 94.1 Å². The average molecular weight is 355 g/mol. The lowest BCUT2D eigenvalue weighted by molar-refractivity contribution is -0.307. The maximum Gasteiger partial charge on any atom is 0.231 e. The smallest absolute Gasteiger partial charge is 0.231 e. The molecule has 26 heavy (non-hydrogen) atoms. The fraction of sp³-hybridized carbons (Fsp3) is 0.158. The fourth-order valence-corrected chi connectivity index (χ4v) is 2.49. The van der Waals surface area contributed by atoms with Gasteiger partial charge in [0.05, 0.1) is 25.8 Å². The van der Waals surface area contributed by atoms with Crippen LogP contribution in [-0.4, -0.2) is 32.6 Å². The molecular formula is C19H15O7-. The molecule has 0 aliphatic carbocycles. The largest absolute Gasteiger partial charge is 0.546 e. The molecule has 0 unspecified atom stereocenters. The van der Waals surface area contributed by atoms with Crippen molar-refractivity contribution in [3.05, 3.63) is 53.3 Å². The van der Waals surface area contributed by atoms with E-state index in [2.05, 4.69) is 0 Å². The number of Topliss-reactive ketones (excluding diaryl/α,β-unsaturated/α-hetero) is 1. The summed E-state index contributed by atoms with van der Waals surface area (Å²) in [5.74, 6) is 0.204. The zero-order valence-corrected chi connectivity index (χ0v) is 14.1. The van der Waals surface area contributed by atoms with Crippen molar-refractivity contribution < 1.29 is 33.6 Å². The van der Waals surface area contributed by atoms with Crippen LogP contribution in [0.1, 0.15) is 15.9 Å². The highest BCUT2D eigenvalue weighted by Crippen LogP contribution is 2.36. The SMILES string of the molecule is COc1ccc(OC)c(/C=C2\Oc3cc(OCC(=O)[O-])ccc3C2=O)c1. The first-order valence-corrected chi connectivity index (χ1v) is 7.65. The number of carboxylic acids is 1. The molecule has 2 aromatic rings. The Bertz CT molecular complexity index is 899. The number of hydrogen-bond acceptors (Lipinski definition) is 7. The fourth-order valence-electron chi connectivity index (χ4n) is 2.49. The van der Waals surface area contributed by atoms with Crippen molar-refractivity contribution in [3.8, 4) is 23.0 Å². The van der Waals surface area contributed by atoms with Gasteiger partial charge in [-0.25, -0.2) is 0 Å². The predicted octanol–water partition coefficient (Wildman–Crippen LogP) is 1.45. The number of methoxy groups -OCH3 is 2.